The zero-order valence-electron chi connectivity index (χ0n) is 22.4. The zero-order valence-corrected chi connectivity index (χ0v) is 22.4. The van der Waals surface area contributed by atoms with E-state index >= 15 is 0 Å². The minimum atomic E-state index is -0.522. The molecule has 0 aliphatic rings. The van der Waals surface area contributed by atoms with Crippen LogP contribution in [-0.4, -0.2) is 29.2 Å². The molecular formula is C33H30N2O5. The van der Waals surface area contributed by atoms with Gasteiger partial charge in [0.15, 0.2) is 17.2 Å². The molecule has 0 bridgehead atoms. The number of benzene rings is 3. The summed E-state index contributed by atoms with van der Waals surface area (Å²) in [5.41, 5.74) is 4.33. The summed E-state index contributed by atoms with van der Waals surface area (Å²) in [6, 6.07) is 30.8. The highest BCUT2D eigenvalue weighted by Crippen LogP contribution is 2.47. The number of rotatable bonds is 11. The molecule has 0 aliphatic heterocycles. The Balaban J connectivity index is 1.75. The van der Waals surface area contributed by atoms with E-state index in [-0.39, 0.29) is 25.5 Å². The molecule has 5 aromatic rings. The van der Waals surface area contributed by atoms with Gasteiger partial charge in [-0.25, -0.2) is 4.79 Å². The van der Waals surface area contributed by atoms with Gasteiger partial charge in [-0.1, -0.05) is 60.7 Å². The van der Waals surface area contributed by atoms with Gasteiger partial charge < -0.3 is 18.9 Å². The van der Waals surface area contributed by atoms with Crippen LogP contribution in [0.5, 0.6) is 17.2 Å². The van der Waals surface area contributed by atoms with Crippen molar-refractivity contribution in [3.8, 4) is 34.2 Å². The number of carbonyl (C=O) groups excluding carboxylic acids is 1. The molecule has 202 valence electrons. The van der Waals surface area contributed by atoms with E-state index < -0.39 is 5.97 Å². The van der Waals surface area contributed by atoms with Crippen molar-refractivity contribution in [1.29, 1.82) is 0 Å². The summed E-state index contributed by atoms with van der Waals surface area (Å²) in [7, 11) is 1.61. The maximum atomic E-state index is 13.6. The van der Waals surface area contributed by atoms with E-state index in [9.17, 15) is 4.79 Å². The summed E-state index contributed by atoms with van der Waals surface area (Å²) in [5.74, 6) is 0.914. The van der Waals surface area contributed by atoms with Gasteiger partial charge in [0.25, 0.3) is 0 Å². The minimum Gasteiger partial charge on any atom is -0.497 e. The Labute approximate surface area is 233 Å². The van der Waals surface area contributed by atoms with E-state index in [1.807, 2.05) is 102 Å². The zero-order chi connectivity index (χ0) is 27.7. The van der Waals surface area contributed by atoms with Crippen LogP contribution in [0.3, 0.4) is 0 Å². The fraction of sp³-hybridized carbons (Fsp3) is 0.152. The maximum Gasteiger partial charge on any atom is 0.359 e. The van der Waals surface area contributed by atoms with E-state index in [4.69, 9.17) is 18.9 Å². The molecule has 7 heteroatoms. The Kier molecular flexibility index (Phi) is 8.41. The van der Waals surface area contributed by atoms with Crippen LogP contribution in [-0.2, 0) is 18.0 Å². The van der Waals surface area contributed by atoms with Crippen molar-refractivity contribution in [1.82, 2.24) is 9.55 Å². The second kappa shape index (κ2) is 12.7. The van der Waals surface area contributed by atoms with Crippen molar-refractivity contribution >= 4 is 5.97 Å². The van der Waals surface area contributed by atoms with Crippen molar-refractivity contribution in [2.45, 2.75) is 20.1 Å². The number of pyridine rings is 1. The molecule has 0 amide bonds. The van der Waals surface area contributed by atoms with E-state index in [0.29, 0.717) is 22.9 Å². The predicted molar refractivity (Wildman–Crippen MR) is 153 cm³/mol. The van der Waals surface area contributed by atoms with E-state index in [1.165, 1.54) is 0 Å². The number of nitrogens with zero attached hydrogens (tertiary/aromatic N) is 2. The summed E-state index contributed by atoms with van der Waals surface area (Å²) < 4.78 is 25.7. The molecule has 2 aromatic heterocycles. The SMILES string of the molecule is CCOC(=O)c1c(OCc2ccccc2)c(OCc2ccccc2)c(-c2ccncc2)n1-c1ccc(OC)cc1. The van der Waals surface area contributed by atoms with Crippen molar-refractivity contribution in [2.24, 2.45) is 0 Å². The largest absolute Gasteiger partial charge is 0.497 e. The van der Waals surface area contributed by atoms with Crippen molar-refractivity contribution in [2.75, 3.05) is 13.7 Å². The van der Waals surface area contributed by atoms with E-state index in [2.05, 4.69) is 4.98 Å². The van der Waals surface area contributed by atoms with Gasteiger partial charge in [-0.3, -0.25) is 9.55 Å². The van der Waals surface area contributed by atoms with Crippen molar-refractivity contribution in [3.63, 3.8) is 0 Å². The third-order valence-electron chi connectivity index (χ3n) is 6.29. The lowest BCUT2D eigenvalue weighted by Crippen LogP contribution is -2.13. The number of hydrogen-bond acceptors (Lipinski definition) is 6. The third kappa shape index (κ3) is 5.83. The van der Waals surface area contributed by atoms with Gasteiger partial charge in [-0.2, -0.15) is 0 Å². The summed E-state index contributed by atoms with van der Waals surface area (Å²) in [4.78, 5) is 17.8. The molecule has 0 fully saturated rings. The molecule has 0 radical (unpaired) electrons. The van der Waals surface area contributed by atoms with Gasteiger partial charge in [-0.15, -0.1) is 0 Å². The molecular weight excluding hydrogens is 504 g/mol. The van der Waals surface area contributed by atoms with Gasteiger partial charge in [0.1, 0.15) is 24.7 Å². The summed E-state index contributed by atoms with van der Waals surface area (Å²) in [5, 5.41) is 0. The smallest absolute Gasteiger partial charge is 0.359 e. The Hall–Kier alpha value is -5.04. The van der Waals surface area contributed by atoms with Crippen molar-refractivity contribution < 1.29 is 23.7 Å². The Morgan fingerprint density at radius 1 is 0.750 bits per heavy atom. The van der Waals surface area contributed by atoms with Gasteiger partial charge in [0, 0.05) is 23.6 Å². The molecule has 0 saturated carbocycles. The highest BCUT2D eigenvalue weighted by atomic mass is 16.5. The molecule has 7 nitrogen and oxygen atoms in total. The molecule has 0 N–H and O–H groups in total. The third-order valence-corrected chi connectivity index (χ3v) is 6.29. The van der Waals surface area contributed by atoms with Crippen LogP contribution in [0.15, 0.2) is 109 Å². The molecule has 2 heterocycles. The fourth-order valence-electron chi connectivity index (χ4n) is 4.40. The number of methoxy groups -OCH3 is 1. The normalized spacial score (nSPS) is 10.7. The maximum absolute atomic E-state index is 13.6. The van der Waals surface area contributed by atoms with Crippen molar-refractivity contribution in [3.05, 3.63) is 126 Å². The number of carbonyl (C=O) groups is 1. The molecule has 0 atom stereocenters. The van der Waals surface area contributed by atoms with Gasteiger partial charge in [-0.05, 0) is 54.4 Å². The molecule has 5 rings (SSSR count). The van der Waals surface area contributed by atoms with Crippen LogP contribution in [0.1, 0.15) is 28.5 Å². The average Bonchev–Trinajstić information content (AvgIpc) is 3.34. The highest BCUT2D eigenvalue weighted by Gasteiger charge is 2.33. The lowest BCUT2D eigenvalue weighted by molar-refractivity contribution is 0.0511. The number of esters is 1. The molecule has 0 saturated heterocycles. The van der Waals surface area contributed by atoms with Crippen LogP contribution in [0.25, 0.3) is 16.9 Å². The first-order valence-electron chi connectivity index (χ1n) is 13.0. The minimum absolute atomic E-state index is 0.204. The van der Waals surface area contributed by atoms with Gasteiger partial charge in [0.2, 0.25) is 0 Å². The first kappa shape index (κ1) is 26.6. The Bertz CT molecular complexity index is 1530. The summed E-state index contributed by atoms with van der Waals surface area (Å²) in [6.07, 6.45) is 3.41. The standard InChI is InChI=1S/C33H30N2O5/c1-3-38-33(36)30-32(40-23-25-12-8-5-9-13-25)31(39-22-24-10-6-4-7-11-24)29(26-18-20-34-21-19-26)35(30)27-14-16-28(37-2)17-15-27/h4-21H,3,22-23H2,1-2H3. The van der Waals surface area contributed by atoms with Crippen LogP contribution in [0, 0.1) is 0 Å². The van der Waals surface area contributed by atoms with Gasteiger partial charge >= 0.3 is 5.97 Å². The molecule has 0 spiro atoms. The summed E-state index contributed by atoms with van der Waals surface area (Å²) in [6.45, 7) is 2.49. The van der Waals surface area contributed by atoms with Crippen LogP contribution in [0.2, 0.25) is 0 Å². The fourth-order valence-corrected chi connectivity index (χ4v) is 4.40. The number of aromatic nitrogens is 2. The monoisotopic (exact) mass is 534 g/mol. The molecule has 0 unspecified atom stereocenters. The lowest BCUT2D eigenvalue weighted by atomic mass is 10.1. The first-order valence-corrected chi connectivity index (χ1v) is 13.0. The molecule has 0 aliphatic carbocycles. The van der Waals surface area contributed by atoms with Crippen LogP contribution >= 0.6 is 0 Å². The van der Waals surface area contributed by atoms with E-state index in [1.54, 1.807) is 26.4 Å². The first-order chi connectivity index (χ1) is 19.7. The number of ether oxygens (including phenoxy) is 4. The van der Waals surface area contributed by atoms with Gasteiger partial charge in [0.05, 0.1) is 13.7 Å². The Morgan fingerprint density at radius 3 is 1.88 bits per heavy atom. The van der Waals surface area contributed by atoms with Crippen LogP contribution in [0.4, 0.5) is 0 Å². The highest BCUT2D eigenvalue weighted by molar-refractivity contribution is 5.96. The Morgan fingerprint density at radius 2 is 1.32 bits per heavy atom. The molecule has 3 aromatic carbocycles. The topological polar surface area (TPSA) is 71.8 Å². The van der Waals surface area contributed by atoms with E-state index in [0.717, 1.165) is 22.4 Å². The van der Waals surface area contributed by atoms with Crippen LogP contribution < -0.4 is 14.2 Å². The number of hydrogen-bond donors (Lipinski definition) is 0. The second-order valence-electron chi connectivity index (χ2n) is 8.89. The quantitative estimate of drug-likeness (QED) is 0.172. The molecule has 40 heavy (non-hydrogen) atoms. The summed E-state index contributed by atoms with van der Waals surface area (Å²) >= 11 is 0. The second-order valence-corrected chi connectivity index (χ2v) is 8.89. The lowest BCUT2D eigenvalue weighted by Gasteiger charge is -2.14. The average molecular weight is 535 g/mol. The predicted octanol–water partition coefficient (Wildman–Crippen LogP) is 6.88.